The number of hydrogen-bond acceptors (Lipinski definition) is 4. The van der Waals surface area contributed by atoms with Crippen LogP contribution in [0.4, 0.5) is 0 Å². The fourth-order valence-electron chi connectivity index (χ4n) is 2.51. The van der Waals surface area contributed by atoms with E-state index in [-0.39, 0.29) is 0 Å². The van der Waals surface area contributed by atoms with Crippen LogP contribution in [0.15, 0.2) is 53.9 Å². The van der Waals surface area contributed by atoms with Gasteiger partial charge in [0, 0.05) is 36.4 Å². The number of aliphatic imine (C=N–C) groups is 1. The van der Waals surface area contributed by atoms with Gasteiger partial charge in [-0.3, -0.25) is 9.67 Å². The molecule has 0 saturated heterocycles. The highest BCUT2D eigenvalue weighted by molar-refractivity contribution is 7.11. The molecule has 0 aliphatic heterocycles. The Bertz CT molecular complexity index is 837. The largest absolute Gasteiger partial charge is 0.352 e. The molecule has 0 spiro atoms. The molecule has 0 aliphatic rings. The van der Waals surface area contributed by atoms with Gasteiger partial charge in [-0.15, -0.1) is 11.3 Å². The van der Waals surface area contributed by atoms with Crippen molar-refractivity contribution in [3.8, 4) is 0 Å². The number of aromatic nitrogens is 3. The topological polar surface area (TPSA) is 67.1 Å². The normalized spacial score (nSPS) is 11.5. The van der Waals surface area contributed by atoms with Crippen molar-refractivity contribution in [3.63, 3.8) is 0 Å². The van der Waals surface area contributed by atoms with Crippen molar-refractivity contribution >= 4 is 17.3 Å². The molecule has 1 aromatic carbocycles. The monoisotopic (exact) mass is 368 g/mol. The van der Waals surface area contributed by atoms with E-state index in [1.54, 1.807) is 18.4 Å². The fourth-order valence-corrected chi connectivity index (χ4v) is 3.32. The van der Waals surface area contributed by atoms with E-state index in [1.165, 1.54) is 10.4 Å². The Morgan fingerprint density at radius 2 is 1.92 bits per heavy atom. The van der Waals surface area contributed by atoms with Gasteiger partial charge in [0.2, 0.25) is 0 Å². The van der Waals surface area contributed by atoms with Gasteiger partial charge in [0.15, 0.2) is 5.96 Å². The van der Waals surface area contributed by atoms with E-state index in [0.717, 1.165) is 29.5 Å². The van der Waals surface area contributed by atoms with Gasteiger partial charge < -0.3 is 10.6 Å². The van der Waals surface area contributed by atoms with Gasteiger partial charge in [0.05, 0.1) is 19.3 Å². The average Bonchev–Trinajstić information content (AvgIpc) is 3.32. The smallest absolute Gasteiger partial charge is 0.191 e. The Balaban J connectivity index is 1.48. The van der Waals surface area contributed by atoms with Gasteiger partial charge in [0.25, 0.3) is 0 Å². The van der Waals surface area contributed by atoms with Crippen molar-refractivity contribution in [3.05, 3.63) is 69.9 Å². The number of thiazole rings is 1. The van der Waals surface area contributed by atoms with Crippen LogP contribution >= 0.6 is 11.3 Å². The van der Waals surface area contributed by atoms with Gasteiger partial charge in [-0.2, -0.15) is 5.10 Å². The standard InChI is InChI=1S/C19H24N6S/c1-3-17-11-21-18(26-17)12-23-19(20-2)22-9-16-10-24-25(14-16)13-15-7-5-4-6-8-15/h4-8,10-11,14H,3,9,12-13H2,1-2H3,(H2,20,22,23). The average molecular weight is 369 g/mol. The van der Waals surface area contributed by atoms with E-state index in [9.17, 15) is 0 Å². The first kappa shape index (κ1) is 18.1. The molecular formula is C19H24N6S. The van der Waals surface area contributed by atoms with Gasteiger partial charge in [0.1, 0.15) is 5.01 Å². The van der Waals surface area contributed by atoms with E-state index in [2.05, 4.69) is 51.0 Å². The number of rotatable bonds is 7. The highest BCUT2D eigenvalue weighted by Gasteiger charge is 2.04. The summed E-state index contributed by atoms with van der Waals surface area (Å²) in [6.07, 6.45) is 6.91. The lowest BCUT2D eigenvalue weighted by molar-refractivity contribution is 0.685. The highest BCUT2D eigenvalue weighted by atomic mass is 32.1. The van der Waals surface area contributed by atoms with Crippen molar-refractivity contribution in [2.24, 2.45) is 4.99 Å². The third-order valence-corrected chi connectivity index (χ3v) is 5.06. The van der Waals surface area contributed by atoms with E-state index in [4.69, 9.17) is 0 Å². The molecule has 2 N–H and O–H groups in total. The minimum absolute atomic E-state index is 0.673. The van der Waals surface area contributed by atoms with E-state index in [1.807, 2.05) is 35.3 Å². The Morgan fingerprint density at radius 3 is 2.65 bits per heavy atom. The summed E-state index contributed by atoms with van der Waals surface area (Å²) in [4.78, 5) is 9.98. The maximum absolute atomic E-state index is 4.43. The number of guanidine groups is 1. The Morgan fingerprint density at radius 1 is 1.12 bits per heavy atom. The Labute approximate surface area is 158 Å². The lowest BCUT2D eigenvalue weighted by Gasteiger charge is -2.09. The maximum Gasteiger partial charge on any atom is 0.191 e. The first-order valence-electron chi connectivity index (χ1n) is 8.70. The molecule has 7 heteroatoms. The van der Waals surface area contributed by atoms with Crippen LogP contribution in [0.2, 0.25) is 0 Å². The van der Waals surface area contributed by atoms with E-state index in [0.29, 0.717) is 13.1 Å². The predicted octanol–water partition coefficient (Wildman–Crippen LogP) is 2.82. The summed E-state index contributed by atoms with van der Waals surface area (Å²) in [5, 5.41) is 12.1. The molecule has 2 aromatic heterocycles. The van der Waals surface area contributed by atoms with Crippen LogP contribution < -0.4 is 10.6 Å². The van der Waals surface area contributed by atoms with Crippen LogP contribution in [0.25, 0.3) is 0 Å². The minimum atomic E-state index is 0.673. The maximum atomic E-state index is 4.43. The number of aryl methyl sites for hydroxylation is 1. The summed E-state index contributed by atoms with van der Waals surface area (Å²) in [6.45, 7) is 4.27. The predicted molar refractivity (Wildman–Crippen MR) is 106 cm³/mol. The van der Waals surface area contributed by atoms with Crippen LogP contribution in [-0.4, -0.2) is 27.8 Å². The molecule has 136 valence electrons. The van der Waals surface area contributed by atoms with Gasteiger partial charge in [-0.25, -0.2) is 4.98 Å². The van der Waals surface area contributed by atoms with Crippen LogP contribution in [-0.2, 0) is 26.1 Å². The second kappa shape index (κ2) is 9.15. The second-order valence-corrected chi connectivity index (χ2v) is 7.08. The zero-order chi connectivity index (χ0) is 18.2. The molecule has 2 heterocycles. The second-order valence-electron chi connectivity index (χ2n) is 5.88. The Hall–Kier alpha value is -2.67. The zero-order valence-electron chi connectivity index (χ0n) is 15.1. The third-order valence-electron chi connectivity index (χ3n) is 3.91. The molecule has 0 radical (unpaired) electrons. The summed E-state index contributed by atoms with van der Waals surface area (Å²) in [7, 11) is 1.77. The lowest BCUT2D eigenvalue weighted by atomic mass is 10.2. The number of nitrogens with zero attached hydrogens (tertiary/aromatic N) is 4. The Kier molecular flexibility index (Phi) is 6.38. The van der Waals surface area contributed by atoms with Gasteiger partial charge in [-0.05, 0) is 12.0 Å². The third kappa shape index (κ3) is 5.16. The molecule has 0 amide bonds. The molecule has 6 nitrogen and oxygen atoms in total. The molecule has 0 bridgehead atoms. The molecule has 0 saturated carbocycles. The molecule has 0 unspecified atom stereocenters. The van der Waals surface area contributed by atoms with Crippen molar-refractivity contribution < 1.29 is 0 Å². The number of benzene rings is 1. The zero-order valence-corrected chi connectivity index (χ0v) is 16.0. The highest BCUT2D eigenvalue weighted by Crippen LogP contribution is 2.12. The minimum Gasteiger partial charge on any atom is -0.352 e. The van der Waals surface area contributed by atoms with E-state index >= 15 is 0 Å². The molecule has 3 aromatic rings. The molecule has 0 atom stereocenters. The first-order chi connectivity index (χ1) is 12.8. The van der Waals surface area contributed by atoms with Gasteiger partial charge in [-0.1, -0.05) is 37.3 Å². The van der Waals surface area contributed by atoms with Crippen LogP contribution in [0.3, 0.4) is 0 Å². The van der Waals surface area contributed by atoms with Crippen molar-refractivity contribution in [2.45, 2.75) is 33.0 Å². The molecule has 26 heavy (non-hydrogen) atoms. The SMILES string of the molecule is CCc1cnc(CNC(=NC)NCc2cnn(Cc3ccccc3)c2)s1. The van der Waals surface area contributed by atoms with Crippen LogP contribution in [0, 0.1) is 0 Å². The van der Waals surface area contributed by atoms with Crippen molar-refractivity contribution in [1.82, 2.24) is 25.4 Å². The summed E-state index contributed by atoms with van der Waals surface area (Å²) >= 11 is 1.73. The van der Waals surface area contributed by atoms with Gasteiger partial charge >= 0.3 is 0 Å². The lowest BCUT2D eigenvalue weighted by Crippen LogP contribution is -2.36. The quantitative estimate of drug-likeness (QED) is 0.497. The van der Waals surface area contributed by atoms with Crippen LogP contribution in [0.1, 0.15) is 27.9 Å². The van der Waals surface area contributed by atoms with Crippen molar-refractivity contribution in [2.75, 3.05) is 7.05 Å². The molecule has 0 fully saturated rings. The van der Waals surface area contributed by atoms with Crippen LogP contribution in [0.5, 0.6) is 0 Å². The number of hydrogen-bond donors (Lipinski definition) is 2. The first-order valence-corrected chi connectivity index (χ1v) is 9.52. The van der Waals surface area contributed by atoms with Crippen molar-refractivity contribution in [1.29, 1.82) is 0 Å². The summed E-state index contributed by atoms with van der Waals surface area (Å²) < 4.78 is 1.95. The number of nitrogens with one attached hydrogen (secondary N) is 2. The summed E-state index contributed by atoms with van der Waals surface area (Å²) in [5.41, 5.74) is 2.36. The summed E-state index contributed by atoms with van der Waals surface area (Å²) in [5.74, 6) is 0.758. The molecule has 3 rings (SSSR count). The molecule has 0 aliphatic carbocycles. The summed E-state index contributed by atoms with van der Waals surface area (Å²) in [6, 6.07) is 10.3. The fraction of sp³-hybridized carbons (Fsp3) is 0.316. The molecular weight excluding hydrogens is 344 g/mol. The van der Waals surface area contributed by atoms with E-state index < -0.39 is 0 Å².